The van der Waals surface area contributed by atoms with Gasteiger partial charge in [-0.15, -0.1) is 0 Å². The number of nitrogen functional groups attached to an aromatic ring is 1. The maximum atomic E-state index is 13.4. The third-order valence-corrected chi connectivity index (χ3v) is 2.72. The number of aromatic nitrogens is 2. The largest absolute Gasteiger partial charge is 0.388 e. The van der Waals surface area contributed by atoms with Gasteiger partial charge in [0.25, 0.3) is 0 Å². The summed E-state index contributed by atoms with van der Waals surface area (Å²) in [5, 5.41) is 12.7. The third-order valence-electron chi connectivity index (χ3n) is 2.72. The quantitative estimate of drug-likeness (QED) is 0.723. The molecule has 0 atom stereocenters. The molecule has 0 bridgehead atoms. The van der Waals surface area contributed by atoms with E-state index in [9.17, 15) is 9.50 Å². The molecule has 0 amide bonds. The molecular formula is C10H17FN4O. The highest BCUT2D eigenvalue weighted by Crippen LogP contribution is 2.26. The lowest BCUT2D eigenvalue weighted by Gasteiger charge is -2.38. The molecule has 0 saturated carbocycles. The Morgan fingerprint density at radius 1 is 1.38 bits per heavy atom. The van der Waals surface area contributed by atoms with Gasteiger partial charge in [0.15, 0.2) is 11.6 Å². The van der Waals surface area contributed by atoms with Gasteiger partial charge >= 0.3 is 0 Å². The number of halogens is 1. The lowest BCUT2D eigenvalue weighted by atomic mass is 9.86. The van der Waals surface area contributed by atoms with E-state index in [0.29, 0.717) is 0 Å². The van der Waals surface area contributed by atoms with E-state index in [2.05, 4.69) is 15.3 Å². The molecule has 1 aromatic rings. The molecule has 0 aromatic carbocycles. The zero-order valence-corrected chi connectivity index (χ0v) is 9.87. The van der Waals surface area contributed by atoms with E-state index in [1.165, 1.54) is 0 Å². The SMILES string of the molecule is CC(C)(O)C(C)(C)Nc1nc(N)ncc1F. The van der Waals surface area contributed by atoms with Crippen LogP contribution in [0, 0.1) is 5.82 Å². The maximum Gasteiger partial charge on any atom is 0.222 e. The second-order valence-electron chi connectivity index (χ2n) is 4.73. The first-order valence-corrected chi connectivity index (χ1v) is 4.92. The van der Waals surface area contributed by atoms with Gasteiger partial charge in [0.05, 0.1) is 17.3 Å². The van der Waals surface area contributed by atoms with Gasteiger partial charge in [0.2, 0.25) is 5.95 Å². The summed E-state index contributed by atoms with van der Waals surface area (Å²) >= 11 is 0. The van der Waals surface area contributed by atoms with Gasteiger partial charge in [-0.3, -0.25) is 0 Å². The lowest BCUT2D eigenvalue weighted by molar-refractivity contribution is 0.0237. The third kappa shape index (κ3) is 2.57. The smallest absolute Gasteiger partial charge is 0.222 e. The van der Waals surface area contributed by atoms with Crippen LogP contribution >= 0.6 is 0 Å². The molecule has 0 radical (unpaired) electrons. The van der Waals surface area contributed by atoms with Crippen molar-refractivity contribution in [2.45, 2.75) is 38.8 Å². The van der Waals surface area contributed by atoms with Crippen molar-refractivity contribution in [1.82, 2.24) is 9.97 Å². The van der Waals surface area contributed by atoms with Crippen LogP contribution in [0.25, 0.3) is 0 Å². The highest BCUT2D eigenvalue weighted by atomic mass is 19.1. The molecule has 5 nitrogen and oxygen atoms in total. The Morgan fingerprint density at radius 3 is 2.44 bits per heavy atom. The summed E-state index contributed by atoms with van der Waals surface area (Å²) in [7, 11) is 0. The molecule has 1 rings (SSSR count). The van der Waals surface area contributed by atoms with Crippen molar-refractivity contribution in [2.75, 3.05) is 11.1 Å². The first kappa shape index (κ1) is 12.6. The number of nitrogens with zero attached hydrogens (tertiary/aromatic N) is 2. The minimum Gasteiger partial charge on any atom is -0.388 e. The Balaban J connectivity index is 3.01. The van der Waals surface area contributed by atoms with Crippen LogP contribution < -0.4 is 11.1 Å². The predicted molar refractivity (Wildman–Crippen MR) is 60.4 cm³/mol. The van der Waals surface area contributed by atoms with Crippen LogP contribution in [0.5, 0.6) is 0 Å². The highest BCUT2D eigenvalue weighted by Gasteiger charge is 2.35. The molecular weight excluding hydrogens is 211 g/mol. The summed E-state index contributed by atoms with van der Waals surface area (Å²) in [6.07, 6.45) is 0.991. The van der Waals surface area contributed by atoms with E-state index in [1.54, 1.807) is 27.7 Å². The highest BCUT2D eigenvalue weighted by molar-refractivity contribution is 5.42. The average molecular weight is 228 g/mol. The summed E-state index contributed by atoms with van der Waals surface area (Å²) in [6.45, 7) is 6.74. The molecule has 1 aromatic heterocycles. The zero-order valence-electron chi connectivity index (χ0n) is 9.87. The maximum absolute atomic E-state index is 13.4. The van der Waals surface area contributed by atoms with Crippen LogP contribution in [-0.2, 0) is 0 Å². The van der Waals surface area contributed by atoms with Crippen molar-refractivity contribution in [3.8, 4) is 0 Å². The summed E-state index contributed by atoms with van der Waals surface area (Å²) < 4.78 is 13.4. The molecule has 4 N–H and O–H groups in total. The minimum absolute atomic E-state index is 0.0142. The number of hydrogen-bond donors (Lipinski definition) is 3. The van der Waals surface area contributed by atoms with E-state index in [1.807, 2.05) is 0 Å². The molecule has 0 aliphatic rings. The molecule has 0 saturated heterocycles. The Morgan fingerprint density at radius 2 is 1.94 bits per heavy atom. The van der Waals surface area contributed by atoms with Gasteiger partial charge in [-0.2, -0.15) is 4.98 Å². The van der Waals surface area contributed by atoms with Gasteiger partial charge in [0, 0.05) is 0 Å². The van der Waals surface area contributed by atoms with Crippen molar-refractivity contribution in [3.05, 3.63) is 12.0 Å². The number of anilines is 2. The van der Waals surface area contributed by atoms with E-state index in [-0.39, 0.29) is 11.8 Å². The van der Waals surface area contributed by atoms with Crippen LogP contribution in [0.4, 0.5) is 16.2 Å². The Kier molecular flexibility index (Phi) is 3.05. The van der Waals surface area contributed by atoms with Gasteiger partial charge in [-0.25, -0.2) is 9.37 Å². The molecule has 0 aliphatic carbocycles. The average Bonchev–Trinajstić information content (AvgIpc) is 2.09. The van der Waals surface area contributed by atoms with Crippen LogP contribution in [0.2, 0.25) is 0 Å². The fourth-order valence-corrected chi connectivity index (χ4v) is 0.917. The molecule has 1 heterocycles. The summed E-state index contributed by atoms with van der Waals surface area (Å²) in [6, 6.07) is 0. The fraction of sp³-hybridized carbons (Fsp3) is 0.600. The van der Waals surface area contributed by atoms with Crippen LogP contribution in [-0.4, -0.2) is 26.2 Å². The van der Waals surface area contributed by atoms with Crippen LogP contribution in [0.1, 0.15) is 27.7 Å². The number of rotatable bonds is 3. The second kappa shape index (κ2) is 3.86. The van der Waals surface area contributed by atoms with E-state index in [4.69, 9.17) is 5.73 Å². The first-order chi connectivity index (χ1) is 7.13. The van der Waals surface area contributed by atoms with Crippen LogP contribution in [0.15, 0.2) is 6.20 Å². The molecule has 0 unspecified atom stereocenters. The monoisotopic (exact) mass is 228 g/mol. The molecule has 90 valence electrons. The molecule has 0 aliphatic heterocycles. The summed E-state index contributed by atoms with van der Waals surface area (Å²) in [5.74, 6) is -0.637. The molecule has 0 fully saturated rings. The fourth-order valence-electron chi connectivity index (χ4n) is 0.917. The Bertz CT molecular complexity index is 387. The van der Waals surface area contributed by atoms with Gasteiger partial charge in [0.1, 0.15) is 0 Å². The number of aliphatic hydroxyl groups is 1. The standard InChI is InChI=1S/C10H17FN4O/c1-9(2,10(3,4)16)15-7-6(11)5-13-8(12)14-7/h5,16H,1-4H3,(H3,12,13,14,15). The molecule has 6 heteroatoms. The normalized spacial score (nSPS) is 12.6. The van der Waals surface area contributed by atoms with Crippen molar-refractivity contribution in [3.63, 3.8) is 0 Å². The number of hydrogen-bond acceptors (Lipinski definition) is 5. The van der Waals surface area contributed by atoms with Gasteiger partial charge < -0.3 is 16.2 Å². The predicted octanol–water partition coefficient (Wildman–Crippen LogP) is 1.16. The number of nitrogens with two attached hydrogens (primary N) is 1. The van der Waals surface area contributed by atoms with Crippen LogP contribution in [0.3, 0.4) is 0 Å². The van der Waals surface area contributed by atoms with E-state index < -0.39 is 17.0 Å². The lowest BCUT2D eigenvalue weighted by Crippen LogP contribution is -2.51. The summed E-state index contributed by atoms with van der Waals surface area (Å²) in [4.78, 5) is 7.26. The zero-order chi connectivity index (χ0) is 12.6. The van der Waals surface area contributed by atoms with Crippen molar-refractivity contribution in [2.24, 2.45) is 0 Å². The molecule has 16 heavy (non-hydrogen) atoms. The number of nitrogens with one attached hydrogen (secondary N) is 1. The van der Waals surface area contributed by atoms with E-state index >= 15 is 0 Å². The Hall–Kier alpha value is -1.43. The molecule has 0 spiro atoms. The van der Waals surface area contributed by atoms with Gasteiger partial charge in [-0.1, -0.05) is 0 Å². The van der Waals surface area contributed by atoms with Crippen molar-refractivity contribution in [1.29, 1.82) is 0 Å². The topological polar surface area (TPSA) is 84.1 Å². The first-order valence-electron chi connectivity index (χ1n) is 4.92. The van der Waals surface area contributed by atoms with E-state index in [0.717, 1.165) is 6.20 Å². The summed E-state index contributed by atoms with van der Waals surface area (Å²) in [5.41, 5.74) is 3.57. The minimum atomic E-state index is -1.04. The second-order valence-corrected chi connectivity index (χ2v) is 4.73. The Labute approximate surface area is 93.9 Å². The van der Waals surface area contributed by atoms with Crippen molar-refractivity contribution < 1.29 is 9.50 Å². The van der Waals surface area contributed by atoms with Crippen molar-refractivity contribution >= 4 is 11.8 Å². The van der Waals surface area contributed by atoms with Gasteiger partial charge in [-0.05, 0) is 27.7 Å².